The third kappa shape index (κ3) is 9.16. The molecule has 0 N–H and O–H groups in total. The van der Waals surface area contributed by atoms with E-state index in [1.807, 2.05) is 0 Å². The summed E-state index contributed by atoms with van der Waals surface area (Å²) in [6.45, 7) is 0. The molecular formula is AlOTiZn+7. The molecule has 0 heterocycles. The Morgan fingerprint density at radius 3 is 1.00 bits per heavy atom. The fourth-order valence-electron chi connectivity index (χ4n) is 0. The van der Waals surface area contributed by atoms with Gasteiger partial charge in [-0.1, -0.05) is 0 Å². The summed E-state index contributed by atoms with van der Waals surface area (Å²) in [5, 5.41) is 0. The SMILES string of the molecule is [Al+3].[O-2].[Ti+4].[Zn+2]. The fourth-order valence-corrected chi connectivity index (χ4v) is 0. The molecule has 0 rings (SSSR count). The van der Waals surface area contributed by atoms with Gasteiger partial charge in [0.05, 0.1) is 0 Å². The zero-order chi connectivity index (χ0) is 0. The van der Waals surface area contributed by atoms with Crippen LogP contribution in [0.4, 0.5) is 0 Å². The molecule has 0 atom stereocenters. The van der Waals surface area contributed by atoms with Crippen molar-refractivity contribution in [2.75, 3.05) is 0 Å². The van der Waals surface area contributed by atoms with E-state index in [1.165, 1.54) is 0 Å². The van der Waals surface area contributed by atoms with Crippen molar-refractivity contribution >= 4 is 17.4 Å². The number of hydrogen-bond acceptors (Lipinski definition) is 0. The van der Waals surface area contributed by atoms with Gasteiger partial charge in [0, 0.05) is 0 Å². The predicted octanol–water partition coefficient (Wildman–Crippen LogP) is -0.505. The summed E-state index contributed by atoms with van der Waals surface area (Å²) in [6.07, 6.45) is 0. The summed E-state index contributed by atoms with van der Waals surface area (Å²) in [7, 11) is 0. The molecule has 0 aliphatic carbocycles. The van der Waals surface area contributed by atoms with Gasteiger partial charge in [-0.3, -0.25) is 0 Å². The van der Waals surface area contributed by atoms with Crippen molar-refractivity contribution in [2.24, 2.45) is 0 Å². The van der Waals surface area contributed by atoms with Gasteiger partial charge >= 0.3 is 58.6 Å². The van der Waals surface area contributed by atoms with Crippen LogP contribution in [0.3, 0.4) is 0 Å². The molecule has 0 saturated carbocycles. The van der Waals surface area contributed by atoms with Crippen molar-refractivity contribution in [3.05, 3.63) is 0 Å². The van der Waals surface area contributed by atoms with Crippen LogP contribution in [0.1, 0.15) is 0 Å². The van der Waals surface area contributed by atoms with Crippen molar-refractivity contribution in [1.82, 2.24) is 0 Å². The van der Waals surface area contributed by atoms with Crippen LogP contribution < -0.4 is 0 Å². The van der Waals surface area contributed by atoms with Crippen molar-refractivity contribution in [3.8, 4) is 0 Å². The molecule has 0 radical (unpaired) electrons. The van der Waals surface area contributed by atoms with Gasteiger partial charge in [-0.15, -0.1) is 0 Å². The van der Waals surface area contributed by atoms with E-state index < -0.39 is 0 Å². The minimum atomic E-state index is 0. The van der Waals surface area contributed by atoms with E-state index in [2.05, 4.69) is 0 Å². The van der Waals surface area contributed by atoms with Gasteiger partial charge in [-0.2, -0.15) is 0 Å². The van der Waals surface area contributed by atoms with Gasteiger partial charge in [0.25, 0.3) is 0 Å². The average molecular weight is 156 g/mol. The fraction of sp³-hybridized carbons (Fsp3) is 0. The Morgan fingerprint density at radius 1 is 1.00 bits per heavy atom. The van der Waals surface area contributed by atoms with Gasteiger partial charge in [-0.25, -0.2) is 0 Å². The Morgan fingerprint density at radius 2 is 1.00 bits per heavy atom. The van der Waals surface area contributed by atoms with Gasteiger partial charge in [-0.05, 0) is 0 Å². The van der Waals surface area contributed by atoms with Crippen LogP contribution in [0, 0.1) is 0 Å². The van der Waals surface area contributed by atoms with Gasteiger partial charge in [0.2, 0.25) is 0 Å². The normalized spacial score (nSPS) is 0. The van der Waals surface area contributed by atoms with E-state index in [4.69, 9.17) is 0 Å². The van der Waals surface area contributed by atoms with Crippen LogP contribution in [0.15, 0.2) is 0 Å². The Labute approximate surface area is 63.6 Å². The molecular weight excluding hydrogens is 156 g/mol. The summed E-state index contributed by atoms with van der Waals surface area (Å²) in [4.78, 5) is 0. The Balaban J connectivity index is 0. The van der Waals surface area contributed by atoms with Crippen LogP contribution in [0.25, 0.3) is 0 Å². The first-order valence-electron chi connectivity index (χ1n) is 0. The molecule has 4 heteroatoms. The van der Waals surface area contributed by atoms with E-state index in [0.29, 0.717) is 0 Å². The monoisotopic (exact) mass is 155 g/mol. The average Bonchev–Trinajstić information content (AvgIpc) is 0. The topological polar surface area (TPSA) is 28.5 Å². The van der Waals surface area contributed by atoms with Crippen LogP contribution >= 0.6 is 0 Å². The largest absolute Gasteiger partial charge is 4.00 e. The molecule has 0 bridgehead atoms. The zero-order valence-electron chi connectivity index (χ0n) is 2.19. The van der Waals surface area contributed by atoms with Gasteiger partial charge in [0.15, 0.2) is 0 Å². The first-order valence-corrected chi connectivity index (χ1v) is 0. The zero-order valence-corrected chi connectivity index (χ0v) is 7.88. The second-order valence-electron chi connectivity index (χ2n) is 0. The summed E-state index contributed by atoms with van der Waals surface area (Å²) in [6, 6.07) is 0. The van der Waals surface area contributed by atoms with E-state index in [9.17, 15) is 0 Å². The minimum Gasteiger partial charge on any atom is -2.00 e. The summed E-state index contributed by atoms with van der Waals surface area (Å²) >= 11 is 0. The molecule has 0 spiro atoms. The Bertz CT molecular complexity index is 8.00. The van der Waals surface area contributed by atoms with Gasteiger partial charge < -0.3 is 5.48 Å². The molecule has 0 amide bonds. The van der Waals surface area contributed by atoms with Crippen molar-refractivity contribution in [2.45, 2.75) is 0 Å². The third-order valence-corrected chi connectivity index (χ3v) is 0. The van der Waals surface area contributed by atoms with Crippen LogP contribution in [-0.2, 0) is 46.7 Å². The molecule has 0 fully saturated rings. The van der Waals surface area contributed by atoms with E-state index in [1.54, 1.807) is 0 Å². The molecule has 4 heavy (non-hydrogen) atoms. The maximum Gasteiger partial charge on any atom is 4.00 e. The molecule has 0 aromatic carbocycles. The van der Waals surface area contributed by atoms with Crippen LogP contribution in [0.5, 0.6) is 0 Å². The van der Waals surface area contributed by atoms with E-state index in [-0.39, 0.29) is 64.0 Å². The first-order chi connectivity index (χ1) is 0. The quantitative estimate of drug-likeness (QED) is 0.423. The second kappa shape index (κ2) is 21.2. The maximum atomic E-state index is 0. The minimum absolute atomic E-state index is 0. The molecule has 0 aliphatic heterocycles. The molecule has 0 aromatic rings. The van der Waals surface area contributed by atoms with Crippen molar-refractivity contribution < 1.29 is 46.7 Å². The van der Waals surface area contributed by atoms with Gasteiger partial charge in [0.1, 0.15) is 0 Å². The second-order valence-corrected chi connectivity index (χ2v) is 0. The Hall–Kier alpha value is 1.83. The first kappa shape index (κ1) is 40.6. The molecule has 0 aliphatic rings. The molecule has 0 unspecified atom stereocenters. The van der Waals surface area contributed by atoms with E-state index >= 15 is 0 Å². The predicted molar refractivity (Wildman–Crippen MR) is 6.44 cm³/mol. The Kier molecular flexibility index (Phi) is 215. The molecule has 8 valence electrons. The van der Waals surface area contributed by atoms with Crippen LogP contribution in [-0.4, -0.2) is 17.4 Å². The molecule has 0 aromatic heterocycles. The smallest absolute Gasteiger partial charge is 2.00 e. The standard InChI is InChI=1S/Al.O.Ti.Zn/q+3;-2;+4;+2. The van der Waals surface area contributed by atoms with E-state index in [0.717, 1.165) is 0 Å². The number of hydrogen-bond donors (Lipinski definition) is 0. The molecule has 1 nitrogen and oxygen atoms in total. The van der Waals surface area contributed by atoms with Crippen LogP contribution in [0.2, 0.25) is 0 Å². The third-order valence-electron chi connectivity index (χ3n) is 0. The summed E-state index contributed by atoms with van der Waals surface area (Å²) in [5.74, 6) is 0. The van der Waals surface area contributed by atoms with Crippen molar-refractivity contribution in [3.63, 3.8) is 0 Å². The number of rotatable bonds is 0. The molecule has 0 saturated heterocycles. The maximum absolute atomic E-state index is 0. The van der Waals surface area contributed by atoms with Crippen molar-refractivity contribution in [1.29, 1.82) is 0 Å². The summed E-state index contributed by atoms with van der Waals surface area (Å²) < 4.78 is 0. The summed E-state index contributed by atoms with van der Waals surface area (Å²) in [5.41, 5.74) is 0.